The number of fused-ring (bicyclic) bond motifs is 1. The average Bonchev–Trinajstić information content (AvgIpc) is 2.51. The van der Waals surface area contributed by atoms with Crippen LogP contribution in [0.4, 0.5) is 13.2 Å². The van der Waals surface area contributed by atoms with Gasteiger partial charge in [-0.05, 0) is 6.92 Å². The molecule has 0 aromatic heterocycles. The first-order valence-electron chi connectivity index (χ1n) is 4.92. The lowest BCUT2D eigenvalue weighted by Gasteiger charge is -2.42. The number of carboxylic acids is 1. The number of hydrogen-bond acceptors (Lipinski definition) is 3. The summed E-state index contributed by atoms with van der Waals surface area (Å²) >= 11 is 0. The molecule has 2 heterocycles. The number of carbonyl (C=O) groups excluding carboxylic acids is 1. The summed E-state index contributed by atoms with van der Waals surface area (Å²) in [5, 5.41) is 10.7. The Balaban J connectivity index is 2.11. The van der Waals surface area contributed by atoms with Crippen LogP contribution in [0.15, 0.2) is 0 Å². The summed E-state index contributed by atoms with van der Waals surface area (Å²) in [4.78, 5) is 21.7. The molecule has 3 fully saturated rings. The Morgan fingerprint density at radius 2 is 1.94 bits per heavy atom. The standard InChI is InChI=1S/C9H10F3NO4/c1-4-7(13-5(14)9(10,11)12)2-8(3-7,17-4)6(15)16/h4H,2-3H2,1H3,(H,13,14)(H,15,16). The van der Waals surface area contributed by atoms with Crippen LogP contribution in [0.25, 0.3) is 0 Å². The molecule has 1 saturated carbocycles. The summed E-state index contributed by atoms with van der Waals surface area (Å²) in [7, 11) is 0. The number of halogens is 3. The molecule has 2 saturated heterocycles. The number of carbonyl (C=O) groups is 2. The molecule has 1 aliphatic carbocycles. The Kier molecular flexibility index (Phi) is 2.23. The van der Waals surface area contributed by atoms with Crippen molar-refractivity contribution in [2.24, 2.45) is 0 Å². The summed E-state index contributed by atoms with van der Waals surface area (Å²) in [6.45, 7) is 1.45. The van der Waals surface area contributed by atoms with Gasteiger partial charge in [0.15, 0.2) is 5.60 Å². The van der Waals surface area contributed by atoms with Crippen LogP contribution in [-0.2, 0) is 14.3 Å². The molecule has 3 rings (SSSR count). The third kappa shape index (κ3) is 1.58. The van der Waals surface area contributed by atoms with Crippen LogP contribution in [0.5, 0.6) is 0 Å². The molecule has 8 heteroatoms. The van der Waals surface area contributed by atoms with E-state index in [-0.39, 0.29) is 12.8 Å². The van der Waals surface area contributed by atoms with Crippen molar-refractivity contribution in [3.8, 4) is 0 Å². The molecule has 1 atom stereocenters. The van der Waals surface area contributed by atoms with Gasteiger partial charge >= 0.3 is 18.1 Å². The Hall–Kier alpha value is -1.31. The Morgan fingerprint density at radius 1 is 1.41 bits per heavy atom. The highest BCUT2D eigenvalue weighted by Gasteiger charge is 2.71. The predicted molar refractivity (Wildman–Crippen MR) is 47.1 cm³/mol. The van der Waals surface area contributed by atoms with Crippen molar-refractivity contribution in [2.75, 3.05) is 0 Å². The van der Waals surface area contributed by atoms with Crippen molar-refractivity contribution in [1.29, 1.82) is 0 Å². The highest BCUT2D eigenvalue weighted by atomic mass is 19.4. The van der Waals surface area contributed by atoms with Crippen LogP contribution in [0.1, 0.15) is 19.8 Å². The van der Waals surface area contributed by atoms with E-state index in [0.717, 1.165) is 0 Å². The first kappa shape index (κ1) is 12.2. The van der Waals surface area contributed by atoms with Gasteiger partial charge in [0.05, 0.1) is 11.6 Å². The maximum absolute atomic E-state index is 12.1. The molecule has 96 valence electrons. The number of carboxylic acid groups (broad SMARTS) is 1. The predicted octanol–water partition coefficient (Wildman–Crippen LogP) is 0.440. The van der Waals surface area contributed by atoms with Crippen molar-refractivity contribution in [3.63, 3.8) is 0 Å². The molecular formula is C9H10F3NO4. The molecule has 0 spiro atoms. The zero-order chi connectivity index (χ0) is 13.1. The van der Waals surface area contributed by atoms with Gasteiger partial charge in [-0.2, -0.15) is 13.2 Å². The second kappa shape index (κ2) is 3.12. The summed E-state index contributed by atoms with van der Waals surface area (Å²) in [5.41, 5.74) is -2.64. The van der Waals surface area contributed by atoms with Gasteiger partial charge in [-0.15, -0.1) is 0 Å². The number of rotatable bonds is 2. The number of aliphatic carboxylic acids is 1. The highest BCUT2D eigenvalue weighted by Crippen LogP contribution is 2.55. The third-order valence-corrected chi connectivity index (χ3v) is 3.39. The molecule has 1 amide bonds. The Bertz CT molecular complexity index is 386. The first-order valence-corrected chi connectivity index (χ1v) is 4.92. The van der Waals surface area contributed by atoms with Crippen molar-refractivity contribution < 1.29 is 32.6 Å². The SMILES string of the molecule is CC1OC2(C(=O)O)CC1(NC(=O)C(F)(F)F)C2. The first-order chi connectivity index (χ1) is 7.61. The molecule has 3 aliphatic rings. The van der Waals surface area contributed by atoms with Crippen LogP contribution in [0.2, 0.25) is 0 Å². The van der Waals surface area contributed by atoms with Gasteiger partial charge in [0.1, 0.15) is 0 Å². The van der Waals surface area contributed by atoms with Gasteiger partial charge in [-0.3, -0.25) is 4.79 Å². The minimum absolute atomic E-state index is 0.127. The lowest BCUT2D eigenvalue weighted by Crippen LogP contribution is -2.65. The topological polar surface area (TPSA) is 75.6 Å². The van der Waals surface area contributed by atoms with E-state index in [1.165, 1.54) is 6.92 Å². The summed E-state index contributed by atoms with van der Waals surface area (Å²) in [6, 6.07) is 0. The molecule has 0 radical (unpaired) electrons. The van der Waals surface area contributed by atoms with Crippen molar-refractivity contribution in [3.05, 3.63) is 0 Å². The second-order valence-electron chi connectivity index (χ2n) is 4.52. The van der Waals surface area contributed by atoms with E-state index in [9.17, 15) is 22.8 Å². The average molecular weight is 253 g/mol. The quantitative estimate of drug-likeness (QED) is 0.748. The molecule has 17 heavy (non-hydrogen) atoms. The van der Waals surface area contributed by atoms with Crippen LogP contribution >= 0.6 is 0 Å². The normalized spacial score (nSPS) is 39.6. The largest absolute Gasteiger partial charge is 0.479 e. The number of alkyl halides is 3. The molecule has 0 aromatic rings. The fourth-order valence-electron chi connectivity index (χ4n) is 2.48. The fourth-order valence-corrected chi connectivity index (χ4v) is 2.48. The minimum atomic E-state index is -4.97. The lowest BCUT2D eigenvalue weighted by molar-refractivity contribution is -0.178. The van der Waals surface area contributed by atoms with E-state index in [4.69, 9.17) is 9.84 Å². The minimum Gasteiger partial charge on any atom is -0.479 e. The highest BCUT2D eigenvalue weighted by molar-refractivity contribution is 5.85. The monoisotopic (exact) mass is 253 g/mol. The molecule has 2 N–H and O–H groups in total. The third-order valence-electron chi connectivity index (χ3n) is 3.39. The van der Waals surface area contributed by atoms with E-state index in [2.05, 4.69) is 0 Å². The van der Waals surface area contributed by atoms with Crippen molar-refractivity contribution in [2.45, 2.75) is 43.2 Å². The zero-order valence-corrected chi connectivity index (χ0v) is 8.80. The number of hydrogen-bond donors (Lipinski definition) is 2. The van der Waals surface area contributed by atoms with Crippen LogP contribution in [0.3, 0.4) is 0 Å². The molecule has 2 bridgehead atoms. The molecule has 2 aliphatic heterocycles. The van der Waals surface area contributed by atoms with E-state index < -0.39 is 35.3 Å². The van der Waals surface area contributed by atoms with E-state index in [1.807, 2.05) is 5.32 Å². The summed E-state index contributed by atoms with van der Waals surface area (Å²) < 4.78 is 41.4. The van der Waals surface area contributed by atoms with E-state index in [0.29, 0.717) is 0 Å². The van der Waals surface area contributed by atoms with Crippen LogP contribution in [0, 0.1) is 0 Å². The van der Waals surface area contributed by atoms with Gasteiger partial charge in [-0.25, -0.2) is 4.79 Å². The smallest absolute Gasteiger partial charge is 0.471 e. The summed E-state index contributed by atoms with van der Waals surface area (Å²) in [5.74, 6) is -3.27. The second-order valence-corrected chi connectivity index (χ2v) is 4.52. The summed E-state index contributed by atoms with van der Waals surface area (Å²) in [6.07, 6.45) is -5.97. The Labute approximate surface area is 93.9 Å². The molecule has 5 nitrogen and oxygen atoms in total. The van der Waals surface area contributed by atoms with Crippen molar-refractivity contribution >= 4 is 11.9 Å². The van der Waals surface area contributed by atoms with Crippen LogP contribution in [-0.4, -0.2) is 40.4 Å². The molecule has 1 unspecified atom stereocenters. The van der Waals surface area contributed by atoms with E-state index in [1.54, 1.807) is 0 Å². The number of nitrogens with one attached hydrogen (secondary N) is 1. The van der Waals surface area contributed by atoms with Gasteiger partial charge in [0, 0.05) is 12.8 Å². The number of amides is 1. The zero-order valence-electron chi connectivity index (χ0n) is 8.80. The van der Waals surface area contributed by atoms with Crippen molar-refractivity contribution in [1.82, 2.24) is 5.32 Å². The maximum atomic E-state index is 12.1. The maximum Gasteiger partial charge on any atom is 0.471 e. The molecule has 0 aromatic carbocycles. The lowest BCUT2D eigenvalue weighted by atomic mass is 9.66. The van der Waals surface area contributed by atoms with E-state index >= 15 is 0 Å². The van der Waals surface area contributed by atoms with Gasteiger partial charge in [0.2, 0.25) is 0 Å². The number of ether oxygens (including phenoxy) is 1. The van der Waals surface area contributed by atoms with Gasteiger partial charge < -0.3 is 15.2 Å². The van der Waals surface area contributed by atoms with Gasteiger partial charge in [-0.1, -0.05) is 0 Å². The fraction of sp³-hybridized carbons (Fsp3) is 0.778. The van der Waals surface area contributed by atoms with Gasteiger partial charge in [0.25, 0.3) is 0 Å². The Morgan fingerprint density at radius 3 is 2.29 bits per heavy atom. The molecular weight excluding hydrogens is 243 g/mol. The van der Waals surface area contributed by atoms with Crippen LogP contribution < -0.4 is 5.32 Å².